The van der Waals surface area contributed by atoms with Gasteiger partial charge < -0.3 is 0 Å². The fraction of sp³-hybridized carbons (Fsp3) is 0.267. The van der Waals surface area contributed by atoms with Crippen molar-refractivity contribution in [3.63, 3.8) is 0 Å². The molecule has 0 aromatic carbocycles. The zero-order valence-corrected chi connectivity index (χ0v) is 9.15. The summed E-state index contributed by atoms with van der Waals surface area (Å²) in [7, 11) is 0. The molecule has 1 unspecified atom stereocenters. The average molecular weight is 210 g/mol. The topological polar surface area (TPSA) is 17.1 Å². The maximum Gasteiger partial charge on any atom is 0.133 e. The summed E-state index contributed by atoms with van der Waals surface area (Å²) in [5, 5.41) is 0. The van der Waals surface area contributed by atoms with E-state index in [0.717, 1.165) is 19.3 Å². The van der Waals surface area contributed by atoms with Crippen LogP contribution >= 0.6 is 0 Å². The predicted molar refractivity (Wildman–Crippen MR) is 64.7 cm³/mol. The van der Waals surface area contributed by atoms with E-state index in [4.69, 9.17) is 0 Å². The molecular formula is C15H14O. The lowest BCUT2D eigenvalue weighted by atomic mass is 9.99. The Kier molecular flexibility index (Phi) is 2.24. The van der Waals surface area contributed by atoms with Gasteiger partial charge in [0, 0.05) is 12.8 Å². The molecule has 1 nitrogen and oxygen atoms in total. The van der Waals surface area contributed by atoms with Crippen LogP contribution in [0.15, 0.2) is 42.5 Å². The normalized spacial score (nSPS) is 20.5. The number of rotatable bonds is 1. The molecule has 0 bridgehead atoms. The quantitative estimate of drug-likeness (QED) is 0.702. The van der Waals surface area contributed by atoms with Gasteiger partial charge in [-0.15, -0.1) is 0 Å². The Bertz CT molecular complexity index is 470. The highest BCUT2D eigenvalue weighted by Crippen LogP contribution is 2.33. The zero-order chi connectivity index (χ0) is 11.0. The molecule has 1 saturated carbocycles. The first kappa shape index (κ1) is 9.59. The van der Waals surface area contributed by atoms with Crippen LogP contribution in [0.4, 0.5) is 0 Å². The fourth-order valence-corrected chi connectivity index (χ4v) is 2.55. The van der Waals surface area contributed by atoms with Gasteiger partial charge in [-0.3, -0.25) is 4.79 Å². The average Bonchev–Trinajstić information content (AvgIpc) is 2.85. The van der Waals surface area contributed by atoms with Gasteiger partial charge in [0.05, 0.1) is 0 Å². The molecule has 0 aromatic heterocycles. The minimum absolute atomic E-state index is 0.413. The van der Waals surface area contributed by atoms with Crippen LogP contribution in [0.2, 0.25) is 0 Å². The summed E-state index contributed by atoms with van der Waals surface area (Å²) in [4.78, 5) is 11.3. The van der Waals surface area contributed by atoms with Crippen molar-refractivity contribution in [2.75, 3.05) is 0 Å². The van der Waals surface area contributed by atoms with Crippen molar-refractivity contribution < 1.29 is 4.79 Å². The first-order valence-corrected chi connectivity index (χ1v) is 5.83. The van der Waals surface area contributed by atoms with Gasteiger partial charge >= 0.3 is 0 Å². The highest BCUT2D eigenvalue weighted by atomic mass is 16.1. The molecule has 3 aliphatic rings. The van der Waals surface area contributed by atoms with Gasteiger partial charge in [0.15, 0.2) is 0 Å². The number of ketones is 1. The van der Waals surface area contributed by atoms with E-state index >= 15 is 0 Å². The van der Waals surface area contributed by atoms with Gasteiger partial charge in [-0.25, -0.2) is 0 Å². The molecule has 0 saturated heterocycles. The SMILES string of the molecule is O=C1CCC(c2ccc3cccc-3cc2)C1. The van der Waals surface area contributed by atoms with Crippen LogP contribution in [-0.4, -0.2) is 5.78 Å². The highest BCUT2D eigenvalue weighted by Gasteiger charge is 2.23. The summed E-state index contributed by atoms with van der Waals surface area (Å²) in [6.45, 7) is 0. The third-order valence-electron chi connectivity index (χ3n) is 3.51. The lowest BCUT2D eigenvalue weighted by molar-refractivity contribution is -0.117. The molecule has 3 rings (SSSR count). The van der Waals surface area contributed by atoms with Gasteiger partial charge in [-0.1, -0.05) is 42.5 Å². The Morgan fingerprint density at radius 1 is 0.938 bits per heavy atom. The molecule has 0 radical (unpaired) electrons. The third kappa shape index (κ3) is 1.63. The Morgan fingerprint density at radius 2 is 1.62 bits per heavy atom. The van der Waals surface area contributed by atoms with Crippen molar-refractivity contribution >= 4 is 5.78 Å². The van der Waals surface area contributed by atoms with E-state index in [2.05, 4.69) is 42.5 Å². The predicted octanol–water partition coefficient (Wildman–Crippen LogP) is 3.63. The van der Waals surface area contributed by atoms with Gasteiger partial charge in [-0.05, 0) is 29.0 Å². The third-order valence-corrected chi connectivity index (χ3v) is 3.51. The standard InChI is InChI=1S/C15H14O/c16-15-9-8-14(10-15)13-6-4-11-2-1-3-12(11)5-7-13/h1-7,14H,8-10H2. The number of hydrogen-bond acceptors (Lipinski definition) is 1. The molecule has 0 aliphatic heterocycles. The summed E-state index contributed by atoms with van der Waals surface area (Å²) in [5.74, 6) is 0.861. The van der Waals surface area contributed by atoms with E-state index < -0.39 is 0 Å². The van der Waals surface area contributed by atoms with Crippen molar-refractivity contribution in [3.05, 3.63) is 48.0 Å². The molecule has 1 fully saturated rings. The molecular weight excluding hydrogens is 196 g/mol. The zero-order valence-electron chi connectivity index (χ0n) is 9.15. The number of hydrogen-bond donors (Lipinski definition) is 0. The fourth-order valence-electron chi connectivity index (χ4n) is 2.55. The molecule has 1 heteroatoms. The highest BCUT2D eigenvalue weighted by molar-refractivity contribution is 5.81. The molecule has 0 amide bonds. The van der Waals surface area contributed by atoms with Crippen molar-refractivity contribution in [1.29, 1.82) is 0 Å². The molecule has 80 valence electrons. The number of Topliss-reactive ketones (excluding diaryl/α,β-unsaturated/α-hetero) is 1. The lowest BCUT2D eigenvalue weighted by Crippen LogP contribution is -1.92. The largest absolute Gasteiger partial charge is 0.300 e. The Morgan fingerprint density at radius 3 is 2.19 bits per heavy atom. The van der Waals surface area contributed by atoms with Crippen LogP contribution in [0.25, 0.3) is 11.1 Å². The van der Waals surface area contributed by atoms with Gasteiger partial charge in [0.2, 0.25) is 0 Å². The molecule has 0 N–H and O–H groups in total. The van der Waals surface area contributed by atoms with E-state index in [-0.39, 0.29) is 0 Å². The summed E-state index contributed by atoms with van der Waals surface area (Å²) in [6, 6.07) is 15.0. The summed E-state index contributed by atoms with van der Waals surface area (Å²) in [5.41, 5.74) is 3.85. The van der Waals surface area contributed by atoms with E-state index in [1.807, 2.05) is 0 Å². The summed E-state index contributed by atoms with van der Waals surface area (Å²) in [6.07, 6.45) is 2.51. The second kappa shape index (κ2) is 3.75. The monoisotopic (exact) mass is 210 g/mol. The van der Waals surface area contributed by atoms with Gasteiger partial charge in [-0.2, -0.15) is 0 Å². The maximum absolute atomic E-state index is 11.3. The minimum atomic E-state index is 0.413. The maximum atomic E-state index is 11.3. The molecule has 3 aliphatic carbocycles. The molecule has 16 heavy (non-hydrogen) atoms. The molecule has 0 aromatic rings. The number of carbonyl (C=O) groups is 1. The Hall–Kier alpha value is -1.63. The van der Waals surface area contributed by atoms with Crippen LogP contribution < -0.4 is 0 Å². The lowest BCUT2D eigenvalue weighted by Gasteiger charge is -2.04. The second-order valence-corrected chi connectivity index (χ2v) is 4.58. The van der Waals surface area contributed by atoms with Crippen LogP contribution in [0.1, 0.15) is 30.7 Å². The van der Waals surface area contributed by atoms with Gasteiger partial charge in [0.25, 0.3) is 0 Å². The first-order valence-electron chi connectivity index (χ1n) is 5.83. The molecule has 1 atom stereocenters. The van der Waals surface area contributed by atoms with E-state index in [9.17, 15) is 4.79 Å². The van der Waals surface area contributed by atoms with Crippen LogP contribution in [-0.2, 0) is 4.79 Å². The second-order valence-electron chi connectivity index (χ2n) is 4.58. The Labute approximate surface area is 95.4 Å². The smallest absolute Gasteiger partial charge is 0.133 e. The molecule has 0 heterocycles. The van der Waals surface area contributed by atoms with E-state index in [0.29, 0.717) is 11.7 Å². The van der Waals surface area contributed by atoms with Crippen molar-refractivity contribution in [1.82, 2.24) is 0 Å². The van der Waals surface area contributed by atoms with Crippen LogP contribution in [0.5, 0.6) is 0 Å². The number of fused-ring (bicyclic) bond motifs is 1. The number of carbonyl (C=O) groups excluding carboxylic acids is 1. The van der Waals surface area contributed by atoms with E-state index in [1.165, 1.54) is 16.7 Å². The van der Waals surface area contributed by atoms with E-state index in [1.54, 1.807) is 0 Å². The van der Waals surface area contributed by atoms with Crippen molar-refractivity contribution in [3.8, 4) is 11.1 Å². The Balaban J connectivity index is 1.99. The summed E-state index contributed by atoms with van der Waals surface area (Å²) < 4.78 is 0. The van der Waals surface area contributed by atoms with Crippen molar-refractivity contribution in [2.45, 2.75) is 25.2 Å². The first-order chi connectivity index (χ1) is 7.83. The minimum Gasteiger partial charge on any atom is -0.300 e. The van der Waals surface area contributed by atoms with Crippen LogP contribution in [0.3, 0.4) is 0 Å². The van der Waals surface area contributed by atoms with Gasteiger partial charge in [0.1, 0.15) is 5.78 Å². The van der Waals surface area contributed by atoms with Crippen LogP contribution in [0, 0.1) is 0 Å². The molecule has 0 spiro atoms. The summed E-state index contributed by atoms with van der Waals surface area (Å²) >= 11 is 0. The van der Waals surface area contributed by atoms with Crippen molar-refractivity contribution in [2.24, 2.45) is 0 Å².